The number of anilines is 3. The Balaban J connectivity index is 0.000000205. The molecular formula is C55H39NS. The lowest BCUT2D eigenvalue weighted by molar-refractivity contribution is 0.811. The fourth-order valence-corrected chi connectivity index (χ4v) is 10.2. The van der Waals surface area contributed by atoms with Gasteiger partial charge in [0.15, 0.2) is 0 Å². The summed E-state index contributed by atoms with van der Waals surface area (Å²) in [6.07, 6.45) is 0. The monoisotopic (exact) mass is 745 g/mol. The third kappa shape index (κ3) is 5.94. The van der Waals surface area contributed by atoms with E-state index in [4.69, 9.17) is 0 Å². The predicted molar refractivity (Wildman–Crippen MR) is 243 cm³/mol. The van der Waals surface area contributed by atoms with E-state index in [-0.39, 0.29) is 5.41 Å². The van der Waals surface area contributed by atoms with E-state index in [1.807, 2.05) is 47.7 Å². The highest BCUT2D eigenvalue weighted by Crippen LogP contribution is 2.66. The van der Waals surface area contributed by atoms with Crippen molar-refractivity contribution in [2.24, 2.45) is 0 Å². The van der Waals surface area contributed by atoms with Gasteiger partial charge in [-0.1, -0.05) is 194 Å². The molecule has 2 heteroatoms. The molecule has 0 aliphatic heterocycles. The van der Waals surface area contributed by atoms with E-state index in [1.54, 1.807) is 0 Å². The Labute approximate surface area is 338 Å². The number of benzene rings is 9. The summed E-state index contributed by atoms with van der Waals surface area (Å²) in [6, 6.07) is 84.3. The number of nitrogens with zero attached hydrogens (tertiary/aromatic N) is 1. The largest absolute Gasteiger partial charge is 0.310 e. The molecule has 10 aromatic rings. The van der Waals surface area contributed by atoms with Gasteiger partial charge in [-0.05, 0) is 86.6 Å². The molecule has 2 aliphatic carbocycles. The van der Waals surface area contributed by atoms with Gasteiger partial charge >= 0.3 is 0 Å². The van der Waals surface area contributed by atoms with Gasteiger partial charge in [-0.2, -0.15) is 0 Å². The lowest BCUT2D eigenvalue weighted by Gasteiger charge is -2.31. The van der Waals surface area contributed by atoms with Crippen LogP contribution in [0.15, 0.2) is 237 Å². The van der Waals surface area contributed by atoms with Gasteiger partial charge in [0.05, 0.1) is 5.41 Å². The standard InChI is InChI=1S/C39H25NS.C10H8.C6H6/c1-3-13-26(14-4-1)40(27-15-5-2-6-16-27)28-23-24-31-35(25-28)39(38-37(31)32-19-9-12-22-36(32)41-38)33-20-10-7-17-29(33)30-18-8-11-21-34(30)39;1-2-6-10-8-4-3-7-9(10)5-1;1-2-4-6-5-3-1/h1-25H;1-8H;1-6H. The summed E-state index contributed by atoms with van der Waals surface area (Å²) in [5.74, 6) is 0. The van der Waals surface area contributed by atoms with Gasteiger partial charge in [0.25, 0.3) is 0 Å². The van der Waals surface area contributed by atoms with E-state index < -0.39 is 0 Å². The lowest BCUT2D eigenvalue weighted by Crippen LogP contribution is -2.25. The Morgan fingerprint density at radius 2 is 0.772 bits per heavy atom. The molecule has 0 N–H and O–H groups in total. The van der Waals surface area contributed by atoms with Crippen molar-refractivity contribution in [1.29, 1.82) is 0 Å². The van der Waals surface area contributed by atoms with Crippen LogP contribution in [-0.4, -0.2) is 0 Å². The van der Waals surface area contributed by atoms with E-state index >= 15 is 0 Å². The van der Waals surface area contributed by atoms with Crippen LogP contribution in [0.2, 0.25) is 0 Å². The van der Waals surface area contributed by atoms with Gasteiger partial charge in [-0.25, -0.2) is 0 Å². The van der Waals surface area contributed by atoms with Crippen molar-refractivity contribution in [1.82, 2.24) is 0 Å². The van der Waals surface area contributed by atoms with Crippen molar-refractivity contribution in [2.45, 2.75) is 5.41 Å². The van der Waals surface area contributed by atoms with Gasteiger partial charge in [0.1, 0.15) is 0 Å². The van der Waals surface area contributed by atoms with Crippen LogP contribution in [0, 0.1) is 0 Å². The second kappa shape index (κ2) is 14.9. The van der Waals surface area contributed by atoms with Crippen LogP contribution in [0.3, 0.4) is 0 Å². The highest BCUT2D eigenvalue weighted by atomic mass is 32.1. The summed E-state index contributed by atoms with van der Waals surface area (Å²) in [6.45, 7) is 0. The average Bonchev–Trinajstić information content (AvgIpc) is 3.92. The third-order valence-electron chi connectivity index (χ3n) is 11.2. The van der Waals surface area contributed by atoms with Crippen LogP contribution in [0.5, 0.6) is 0 Å². The zero-order valence-corrected chi connectivity index (χ0v) is 32.2. The molecule has 9 aromatic carbocycles. The lowest BCUT2D eigenvalue weighted by atomic mass is 9.73. The highest BCUT2D eigenvalue weighted by Gasteiger charge is 2.53. The Bertz CT molecular complexity index is 2790. The molecule has 2 aliphatic rings. The fourth-order valence-electron chi connectivity index (χ4n) is 8.79. The molecule has 0 atom stereocenters. The quantitative estimate of drug-likeness (QED) is 0.174. The maximum absolute atomic E-state index is 2.47. The average molecular weight is 746 g/mol. The molecule has 270 valence electrons. The molecule has 1 aromatic heterocycles. The van der Waals surface area contributed by atoms with Crippen molar-refractivity contribution in [2.75, 3.05) is 4.90 Å². The van der Waals surface area contributed by atoms with Gasteiger partial charge < -0.3 is 4.90 Å². The van der Waals surface area contributed by atoms with Gasteiger partial charge in [-0.15, -0.1) is 11.3 Å². The number of thiophene rings is 1. The van der Waals surface area contributed by atoms with Crippen molar-refractivity contribution in [3.63, 3.8) is 0 Å². The summed E-state index contributed by atoms with van der Waals surface area (Å²) in [5, 5.41) is 3.97. The minimum Gasteiger partial charge on any atom is -0.310 e. The van der Waals surface area contributed by atoms with Crippen molar-refractivity contribution < 1.29 is 0 Å². The normalized spacial score (nSPS) is 12.4. The molecule has 0 saturated heterocycles. The number of hydrogen-bond donors (Lipinski definition) is 0. The van der Waals surface area contributed by atoms with Crippen LogP contribution in [0.4, 0.5) is 17.1 Å². The van der Waals surface area contributed by atoms with Crippen LogP contribution in [0.25, 0.3) is 43.1 Å². The van der Waals surface area contributed by atoms with E-state index in [0.29, 0.717) is 0 Å². The van der Waals surface area contributed by atoms with Crippen molar-refractivity contribution in [3.05, 3.63) is 258 Å². The molecule has 12 rings (SSSR count). The van der Waals surface area contributed by atoms with Crippen LogP contribution in [-0.2, 0) is 5.41 Å². The highest BCUT2D eigenvalue weighted by molar-refractivity contribution is 7.20. The Kier molecular flexibility index (Phi) is 9.02. The molecule has 0 saturated carbocycles. The van der Waals surface area contributed by atoms with Crippen LogP contribution >= 0.6 is 11.3 Å². The molecule has 0 bridgehead atoms. The van der Waals surface area contributed by atoms with E-state index in [2.05, 4.69) is 205 Å². The molecule has 0 radical (unpaired) electrons. The Morgan fingerprint density at radius 3 is 1.32 bits per heavy atom. The summed E-state index contributed by atoms with van der Waals surface area (Å²) in [7, 11) is 0. The maximum atomic E-state index is 2.47. The molecular weight excluding hydrogens is 707 g/mol. The van der Waals surface area contributed by atoms with E-state index in [1.165, 1.54) is 70.4 Å². The van der Waals surface area contributed by atoms with Crippen molar-refractivity contribution >= 4 is 49.3 Å². The zero-order chi connectivity index (χ0) is 38.0. The molecule has 0 unspecified atom stereocenters. The molecule has 57 heavy (non-hydrogen) atoms. The smallest absolute Gasteiger partial charge is 0.0820 e. The van der Waals surface area contributed by atoms with E-state index in [9.17, 15) is 0 Å². The first kappa shape index (κ1) is 34.5. The summed E-state index contributed by atoms with van der Waals surface area (Å²) in [4.78, 5) is 3.82. The number of fused-ring (bicyclic) bond motifs is 13. The molecule has 0 amide bonds. The van der Waals surface area contributed by atoms with Gasteiger partial charge in [-0.3, -0.25) is 0 Å². The first-order valence-corrected chi connectivity index (χ1v) is 20.3. The van der Waals surface area contributed by atoms with Crippen molar-refractivity contribution in [3.8, 4) is 22.3 Å². The number of rotatable bonds is 3. The fraction of sp³-hybridized carbons (Fsp3) is 0.0182. The molecule has 0 fully saturated rings. The SMILES string of the molecule is c1ccc(N(c2ccccc2)c2ccc3c(c2)C2(c4ccccc4-c4ccccc42)c2sc4ccccc4c2-3)cc1.c1ccc2ccccc2c1.c1ccccc1. The van der Waals surface area contributed by atoms with E-state index in [0.717, 1.165) is 11.4 Å². The second-order valence-electron chi connectivity index (χ2n) is 14.4. The Morgan fingerprint density at radius 1 is 0.333 bits per heavy atom. The maximum Gasteiger partial charge on any atom is 0.0820 e. The zero-order valence-electron chi connectivity index (χ0n) is 31.4. The minimum atomic E-state index is -0.351. The first-order valence-electron chi connectivity index (χ1n) is 19.5. The van der Waals surface area contributed by atoms with Gasteiger partial charge in [0, 0.05) is 37.6 Å². The van der Waals surface area contributed by atoms with Gasteiger partial charge in [0.2, 0.25) is 0 Å². The minimum absolute atomic E-state index is 0.351. The second-order valence-corrected chi connectivity index (χ2v) is 15.4. The molecule has 1 nitrogen and oxygen atoms in total. The topological polar surface area (TPSA) is 3.24 Å². The summed E-state index contributed by atoms with van der Waals surface area (Å²) < 4.78 is 1.35. The summed E-state index contributed by atoms with van der Waals surface area (Å²) >= 11 is 1.96. The predicted octanol–water partition coefficient (Wildman–Crippen LogP) is 15.2. The molecule has 1 spiro atoms. The number of hydrogen-bond acceptors (Lipinski definition) is 2. The first-order chi connectivity index (χ1) is 28.3. The third-order valence-corrected chi connectivity index (χ3v) is 12.5. The number of para-hydroxylation sites is 2. The molecule has 1 heterocycles. The van der Waals surface area contributed by atoms with Crippen LogP contribution in [0.1, 0.15) is 21.6 Å². The van der Waals surface area contributed by atoms with Crippen LogP contribution < -0.4 is 4.90 Å². The summed E-state index contributed by atoms with van der Waals surface area (Å²) in [5.41, 5.74) is 12.7. The Hall–Kier alpha value is -7.00.